The summed E-state index contributed by atoms with van der Waals surface area (Å²) in [4.78, 5) is 15.9. The largest absolute Gasteiger partial charge is 0.497 e. The van der Waals surface area contributed by atoms with Crippen molar-refractivity contribution in [3.8, 4) is 5.75 Å². The fourth-order valence-electron chi connectivity index (χ4n) is 1.45. The summed E-state index contributed by atoms with van der Waals surface area (Å²) in [5, 5.41) is 5.35. The molecule has 0 fully saturated rings. The van der Waals surface area contributed by atoms with Crippen LogP contribution in [-0.4, -0.2) is 18.1 Å². The van der Waals surface area contributed by atoms with Crippen LogP contribution in [0.5, 0.6) is 5.75 Å². The average Bonchev–Trinajstić information content (AvgIpc) is 2.41. The molecule has 2 N–H and O–H groups in total. The number of methoxy groups -OCH3 is 1. The average molecular weight is 322 g/mol. The number of nitrogens with zero attached hydrogens (tertiary/aromatic N) is 1. The van der Waals surface area contributed by atoms with E-state index in [0.29, 0.717) is 17.3 Å². The molecule has 0 unspecified atom stereocenters. The van der Waals surface area contributed by atoms with Gasteiger partial charge in [0.25, 0.3) is 0 Å². The van der Waals surface area contributed by atoms with Gasteiger partial charge in [-0.15, -0.1) is 0 Å². The zero-order valence-electron chi connectivity index (χ0n) is 10.2. The van der Waals surface area contributed by atoms with Crippen molar-refractivity contribution in [2.45, 2.75) is 0 Å². The van der Waals surface area contributed by atoms with Crippen LogP contribution in [0.1, 0.15) is 0 Å². The summed E-state index contributed by atoms with van der Waals surface area (Å²) >= 11 is 3.31. The standard InChI is InChI=1S/C13H12BrN3O2/c1-19-10-5-2-4-9(8-10)16-13(18)17-12-11(14)6-3-7-15-12/h2-8H,1H3,(H2,15,16,17,18). The molecular weight excluding hydrogens is 310 g/mol. The van der Waals surface area contributed by atoms with Gasteiger partial charge in [0.15, 0.2) is 0 Å². The molecular formula is C13H12BrN3O2. The number of rotatable bonds is 3. The first-order valence-electron chi connectivity index (χ1n) is 5.51. The zero-order chi connectivity index (χ0) is 13.7. The molecule has 2 amide bonds. The van der Waals surface area contributed by atoms with Crippen molar-refractivity contribution < 1.29 is 9.53 Å². The summed E-state index contributed by atoms with van der Waals surface area (Å²) in [6.07, 6.45) is 1.60. The lowest BCUT2D eigenvalue weighted by Gasteiger charge is -2.09. The van der Waals surface area contributed by atoms with Crippen molar-refractivity contribution in [2.75, 3.05) is 17.7 Å². The summed E-state index contributed by atoms with van der Waals surface area (Å²) < 4.78 is 5.80. The van der Waals surface area contributed by atoms with Gasteiger partial charge in [0.1, 0.15) is 11.6 Å². The number of ether oxygens (including phenoxy) is 1. The van der Waals surface area contributed by atoms with Crippen LogP contribution in [-0.2, 0) is 0 Å². The number of carbonyl (C=O) groups excluding carboxylic acids is 1. The first-order valence-corrected chi connectivity index (χ1v) is 6.31. The summed E-state index contributed by atoms with van der Waals surface area (Å²) in [7, 11) is 1.57. The summed E-state index contributed by atoms with van der Waals surface area (Å²) in [6.45, 7) is 0. The van der Waals surface area contributed by atoms with Crippen molar-refractivity contribution in [1.82, 2.24) is 4.98 Å². The molecule has 0 aliphatic carbocycles. The highest BCUT2D eigenvalue weighted by atomic mass is 79.9. The van der Waals surface area contributed by atoms with Crippen molar-refractivity contribution in [2.24, 2.45) is 0 Å². The molecule has 5 nitrogen and oxygen atoms in total. The number of carbonyl (C=O) groups is 1. The van der Waals surface area contributed by atoms with Crippen LogP contribution in [0, 0.1) is 0 Å². The second-order valence-electron chi connectivity index (χ2n) is 3.64. The Morgan fingerprint density at radius 1 is 1.26 bits per heavy atom. The Bertz CT molecular complexity index is 590. The van der Waals surface area contributed by atoms with Crippen LogP contribution in [0.25, 0.3) is 0 Å². The van der Waals surface area contributed by atoms with Gasteiger partial charge in [-0.05, 0) is 40.2 Å². The molecule has 0 bridgehead atoms. The fourth-order valence-corrected chi connectivity index (χ4v) is 1.80. The smallest absolute Gasteiger partial charge is 0.324 e. The van der Waals surface area contributed by atoms with Crippen LogP contribution in [0.4, 0.5) is 16.3 Å². The molecule has 98 valence electrons. The lowest BCUT2D eigenvalue weighted by molar-refractivity contribution is 0.262. The van der Waals surface area contributed by atoms with Gasteiger partial charge in [-0.1, -0.05) is 6.07 Å². The van der Waals surface area contributed by atoms with Gasteiger partial charge in [0, 0.05) is 18.0 Å². The Hall–Kier alpha value is -2.08. The molecule has 0 radical (unpaired) electrons. The fraction of sp³-hybridized carbons (Fsp3) is 0.0769. The van der Waals surface area contributed by atoms with Gasteiger partial charge in [-0.25, -0.2) is 9.78 Å². The number of urea groups is 1. The first kappa shape index (κ1) is 13.4. The summed E-state index contributed by atoms with van der Waals surface area (Å²) in [5.74, 6) is 1.14. The lowest BCUT2D eigenvalue weighted by atomic mass is 10.3. The van der Waals surface area contributed by atoms with Crippen LogP contribution in [0.15, 0.2) is 47.1 Å². The van der Waals surface area contributed by atoms with E-state index in [2.05, 4.69) is 31.5 Å². The van der Waals surface area contributed by atoms with E-state index in [9.17, 15) is 4.79 Å². The van der Waals surface area contributed by atoms with Crippen LogP contribution >= 0.6 is 15.9 Å². The van der Waals surface area contributed by atoms with Gasteiger partial charge in [-0.2, -0.15) is 0 Å². The molecule has 2 rings (SSSR count). The topological polar surface area (TPSA) is 63.2 Å². The van der Waals surface area contributed by atoms with Gasteiger partial charge in [0.2, 0.25) is 0 Å². The predicted molar refractivity (Wildman–Crippen MR) is 77.6 cm³/mol. The Morgan fingerprint density at radius 2 is 2.11 bits per heavy atom. The van der Waals surface area contributed by atoms with Gasteiger partial charge in [0.05, 0.1) is 11.6 Å². The quantitative estimate of drug-likeness (QED) is 0.909. The minimum absolute atomic E-state index is 0.368. The number of amides is 2. The van der Waals surface area contributed by atoms with Crippen molar-refractivity contribution >= 4 is 33.5 Å². The van der Waals surface area contributed by atoms with E-state index in [4.69, 9.17) is 4.74 Å². The van der Waals surface area contributed by atoms with E-state index >= 15 is 0 Å². The Labute approximate surface area is 119 Å². The Balaban J connectivity index is 2.03. The van der Waals surface area contributed by atoms with Gasteiger partial charge < -0.3 is 10.1 Å². The van der Waals surface area contributed by atoms with Crippen LogP contribution in [0.3, 0.4) is 0 Å². The van der Waals surface area contributed by atoms with Crippen LogP contribution < -0.4 is 15.4 Å². The maximum atomic E-state index is 11.8. The van der Waals surface area contributed by atoms with E-state index < -0.39 is 0 Å². The maximum absolute atomic E-state index is 11.8. The molecule has 0 saturated heterocycles. The number of aromatic nitrogens is 1. The van der Waals surface area contributed by atoms with E-state index in [1.54, 1.807) is 49.7 Å². The number of benzene rings is 1. The third kappa shape index (κ3) is 3.69. The molecule has 6 heteroatoms. The third-order valence-electron chi connectivity index (χ3n) is 2.32. The maximum Gasteiger partial charge on any atom is 0.324 e. The second-order valence-corrected chi connectivity index (χ2v) is 4.50. The number of hydrogen-bond acceptors (Lipinski definition) is 3. The minimum atomic E-state index is -0.368. The molecule has 0 saturated carbocycles. The minimum Gasteiger partial charge on any atom is -0.497 e. The molecule has 0 aliphatic heterocycles. The SMILES string of the molecule is COc1cccc(NC(=O)Nc2ncccc2Br)c1. The van der Waals surface area contributed by atoms with Crippen LogP contribution in [0.2, 0.25) is 0 Å². The molecule has 1 aromatic heterocycles. The monoisotopic (exact) mass is 321 g/mol. The molecule has 19 heavy (non-hydrogen) atoms. The van der Waals surface area contributed by atoms with E-state index in [1.807, 2.05) is 0 Å². The van der Waals surface area contributed by atoms with Crippen molar-refractivity contribution in [3.63, 3.8) is 0 Å². The second kappa shape index (κ2) is 6.19. The molecule has 1 heterocycles. The highest BCUT2D eigenvalue weighted by molar-refractivity contribution is 9.10. The van der Waals surface area contributed by atoms with Gasteiger partial charge in [-0.3, -0.25) is 5.32 Å². The number of pyridine rings is 1. The van der Waals surface area contributed by atoms with E-state index in [0.717, 1.165) is 4.47 Å². The molecule has 1 aromatic carbocycles. The Kier molecular flexibility index (Phi) is 4.35. The number of halogens is 1. The molecule has 0 atom stereocenters. The summed E-state index contributed by atoms with van der Waals surface area (Å²) in [6, 6.07) is 10.3. The number of hydrogen-bond donors (Lipinski definition) is 2. The molecule has 0 spiro atoms. The Morgan fingerprint density at radius 3 is 2.84 bits per heavy atom. The highest BCUT2D eigenvalue weighted by Gasteiger charge is 2.06. The zero-order valence-corrected chi connectivity index (χ0v) is 11.8. The van der Waals surface area contributed by atoms with E-state index in [-0.39, 0.29) is 6.03 Å². The lowest BCUT2D eigenvalue weighted by Crippen LogP contribution is -2.20. The number of nitrogens with one attached hydrogen (secondary N) is 2. The van der Waals surface area contributed by atoms with Crippen molar-refractivity contribution in [1.29, 1.82) is 0 Å². The highest BCUT2D eigenvalue weighted by Crippen LogP contribution is 2.20. The number of anilines is 2. The predicted octanol–water partition coefficient (Wildman–Crippen LogP) is 3.50. The van der Waals surface area contributed by atoms with Crippen molar-refractivity contribution in [3.05, 3.63) is 47.1 Å². The summed E-state index contributed by atoms with van der Waals surface area (Å²) in [5.41, 5.74) is 0.643. The van der Waals surface area contributed by atoms with Gasteiger partial charge >= 0.3 is 6.03 Å². The van der Waals surface area contributed by atoms with E-state index in [1.165, 1.54) is 0 Å². The molecule has 0 aliphatic rings. The first-order chi connectivity index (χ1) is 9.19. The normalized spacial score (nSPS) is 9.79. The third-order valence-corrected chi connectivity index (χ3v) is 2.96. The molecule has 2 aromatic rings.